The first kappa shape index (κ1) is 21.4. The second kappa shape index (κ2) is 9.56. The lowest BCUT2D eigenvalue weighted by molar-refractivity contribution is -0.123. The summed E-state index contributed by atoms with van der Waals surface area (Å²) in [5.74, 6) is -0.769. The van der Waals surface area contributed by atoms with Crippen LogP contribution in [0, 0.1) is 17.6 Å². The zero-order valence-electron chi connectivity index (χ0n) is 17.4. The van der Waals surface area contributed by atoms with E-state index in [1.807, 2.05) is 0 Å². The van der Waals surface area contributed by atoms with Crippen molar-refractivity contribution in [1.82, 2.24) is 9.80 Å². The molecule has 1 saturated heterocycles. The Morgan fingerprint density at radius 3 is 2.23 bits per heavy atom. The minimum atomic E-state index is -0.428. The second-order valence-corrected chi connectivity index (χ2v) is 8.32. The van der Waals surface area contributed by atoms with Crippen LogP contribution in [0.3, 0.4) is 0 Å². The van der Waals surface area contributed by atoms with E-state index in [-0.39, 0.29) is 29.6 Å². The zero-order chi connectivity index (χ0) is 21.8. The van der Waals surface area contributed by atoms with Gasteiger partial charge in [0.2, 0.25) is 5.91 Å². The molecule has 1 aliphatic heterocycles. The van der Waals surface area contributed by atoms with E-state index in [0.29, 0.717) is 37.4 Å². The van der Waals surface area contributed by atoms with E-state index in [9.17, 15) is 18.4 Å². The van der Waals surface area contributed by atoms with E-state index in [4.69, 9.17) is 0 Å². The number of nitrogens with zero attached hydrogens (tertiary/aromatic N) is 2. The Hall–Kier alpha value is -2.80. The van der Waals surface area contributed by atoms with Crippen LogP contribution >= 0.6 is 0 Å². The van der Waals surface area contributed by atoms with Gasteiger partial charge in [0.15, 0.2) is 0 Å². The van der Waals surface area contributed by atoms with Crippen molar-refractivity contribution in [3.63, 3.8) is 0 Å². The SMILES string of the molecule is O=C(Nc1ccc(F)cc1)[C@@H](C1CCCC1)N1CCN(C(=O)c2cccc(F)c2)CC1. The molecule has 0 aromatic heterocycles. The van der Waals surface area contributed by atoms with Crippen molar-refractivity contribution in [2.24, 2.45) is 5.92 Å². The van der Waals surface area contributed by atoms with Crippen molar-refractivity contribution in [2.45, 2.75) is 31.7 Å². The number of anilines is 1. The first-order valence-corrected chi connectivity index (χ1v) is 10.9. The molecule has 0 radical (unpaired) electrons. The molecular weight excluding hydrogens is 400 g/mol. The fourth-order valence-corrected chi connectivity index (χ4v) is 4.71. The van der Waals surface area contributed by atoms with E-state index in [1.165, 1.54) is 30.3 Å². The van der Waals surface area contributed by atoms with Crippen molar-refractivity contribution in [3.8, 4) is 0 Å². The van der Waals surface area contributed by atoms with E-state index in [1.54, 1.807) is 23.1 Å². The fourth-order valence-electron chi connectivity index (χ4n) is 4.71. The summed E-state index contributed by atoms with van der Waals surface area (Å²) >= 11 is 0. The van der Waals surface area contributed by atoms with Crippen LogP contribution in [0.25, 0.3) is 0 Å². The molecule has 164 valence electrons. The topological polar surface area (TPSA) is 52.7 Å². The number of nitrogens with one attached hydrogen (secondary N) is 1. The Kier molecular flexibility index (Phi) is 6.61. The lowest BCUT2D eigenvalue weighted by atomic mass is 9.94. The summed E-state index contributed by atoms with van der Waals surface area (Å²) in [4.78, 5) is 29.8. The Labute approximate surface area is 181 Å². The monoisotopic (exact) mass is 427 g/mol. The number of hydrogen-bond acceptors (Lipinski definition) is 3. The number of amides is 2. The van der Waals surface area contributed by atoms with Gasteiger partial charge in [0.1, 0.15) is 11.6 Å². The van der Waals surface area contributed by atoms with Crippen LogP contribution in [0.5, 0.6) is 0 Å². The quantitative estimate of drug-likeness (QED) is 0.787. The van der Waals surface area contributed by atoms with Gasteiger partial charge in [0, 0.05) is 37.4 Å². The Bertz CT molecular complexity index is 921. The van der Waals surface area contributed by atoms with Gasteiger partial charge in [-0.05, 0) is 61.2 Å². The average Bonchev–Trinajstić information content (AvgIpc) is 3.30. The first-order valence-electron chi connectivity index (χ1n) is 10.9. The number of rotatable bonds is 5. The van der Waals surface area contributed by atoms with Crippen molar-refractivity contribution >= 4 is 17.5 Å². The first-order chi connectivity index (χ1) is 15.0. The highest BCUT2D eigenvalue weighted by molar-refractivity contribution is 5.95. The van der Waals surface area contributed by atoms with Crippen LogP contribution in [-0.2, 0) is 4.79 Å². The van der Waals surface area contributed by atoms with Gasteiger partial charge in [0.05, 0.1) is 6.04 Å². The van der Waals surface area contributed by atoms with Crippen molar-refractivity contribution in [3.05, 3.63) is 65.7 Å². The maximum Gasteiger partial charge on any atom is 0.254 e. The van der Waals surface area contributed by atoms with Crippen LogP contribution in [0.15, 0.2) is 48.5 Å². The van der Waals surface area contributed by atoms with Gasteiger partial charge in [-0.2, -0.15) is 0 Å². The molecule has 1 aliphatic carbocycles. The largest absolute Gasteiger partial charge is 0.336 e. The number of carbonyl (C=O) groups excluding carboxylic acids is 2. The molecule has 0 unspecified atom stereocenters. The highest BCUT2D eigenvalue weighted by atomic mass is 19.1. The standard InChI is InChI=1S/C24H27F2N3O2/c25-19-8-10-21(11-9-19)27-23(30)22(17-4-1-2-5-17)28-12-14-29(15-13-28)24(31)18-6-3-7-20(26)16-18/h3,6-11,16-17,22H,1-2,4-5,12-15H2,(H,27,30)/t22-/m1/s1. The molecule has 1 saturated carbocycles. The molecule has 1 heterocycles. The molecule has 1 atom stereocenters. The van der Waals surface area contributed by atoms with E-state index in [2.05, 4.69) is 10.2 Å². The fraction of sp³-hybridized carbons (Fsp3) is 0.417. The average molecular weight is 427 g/mol. The summed E-state index contributed by atoms with van der Waals surface area (Å²) in [5.41, 5.74) is 0.921. The number of halogens is 2. The third-order valence-corrected chi connectivity index (χ3v) is 6.29. The third kappa shape index (κ3) is 5.10. The number of hydrogen-bond donors (Lipinski definition) is 1. The maximum absolute atomic E-state index is 13.5. The van der Waals surface area contributed by atoms with E-state index < -0.39 is 5.82 Å². The summed E-state index contributed by atoms with van der Waals surface area (Å²) in [6.07, 6.45) is 4.24. The number of benzene rings is 2. The number of piperazine rings is 1. The number of carbonyl (C=O) groups is 2. The minimum absolute atomic E-state index is 0.0802. The highest BCUT2D eigenvalue weighted by Crippen LogP contribution is 2.32. The van der Waals surface area contributed by atoms with Gasteiger partial charge in [-0.1, -0.05) is 18.9 Å². The molecule has 2 aromatic rings. The van der Waals surface area contributed by atoms with Crippen molar-refractivity contribution in [1.29, 1.82) is 0 Å². The molecular formula is C24H27F2N3O2. The molecule has 2 aliphatic rings. The highest BCUT2D eigenvalue weighted by Gasteiger charge is 2.37. The van der Waals surface area contributed by atoms with Gasteiger partial charge < -0.3 is 10.2 Å². The van der Waals surface area contributed by atoms with Crippen LogP contribution < -0.4 is 5.32 Å². The normalized spacial score (nSPS) is 18.7. The predicted octanol–water partition coefficient (Wildman–Crippen LogP) is 3.92. The van der Waals surface area contributed by atoms with Crippen molar-refractivity contribution < 1.29 is 18.4 Å². The van der Waals surface area contributed by atoms with Gasteiger partial charge in [0.25, 0.3) is 5.91 Å². The predicted molar refractivity (Wildman–Crippen MR) is 115 cm³/mol. The molecule has 1 N–H and O–H groups in total. The molecule has 7 heteroatoms. The minimum Gasteiger partial charge on any atom is -0.336 e. The van der Waals surface area contributed by atoms with E-state index >= 15 is 0 Å². The maximum atomic E-state index is 13.5. The summed E-state index contributed by atoms with van der Waals surface area (Å²) in [7, 11) is 0. The Morgan fingerprint density at radius 1 is 0.903 bits per heavy atom. The second-order valence-electron chi connectivity index (χ2n) is 8.32. The van der Waals surface area contributed by atoms with Gasteiger partial charge >= 0.3 is 0 Å². The molecule has 2 fully saturated rings. The Balaban J connectivity index is 1.43. The molecule has 0 bridgehead atoms. The Morgan fingerprint density at radius 2 is 1.58 bits per heavy atom. The van der Waals surface area contributed by atoms with Crippen LogP contribution in [0.2, 0.25) is 0 Å². The molecule has 31 heavy (non-hydrogen) atoms. The smallest absolute Gasteiger partial charge is 0.254 e. The third-order valence-electron chi connectivity index (χ3n) is 6.29. The lowest BCUT2D eigenvalue weighted by Gasteiger charge is -2.40. The lowest BCUT2D eigenvalue weighted by Crippen LogP contribution is -2.56. The van der Waals surface area contributed by atoms with Crippen LogP contribution in [-0.4, -0.2) is 53.8 Å². The van der Waals surface area contributed by atoms with Gasteiger partial charge in [-0.3, -0.25) is 14.5 Å². The summed E-state index contributed by atoms with van der Waals surface area (Å²) in [5, 5.41) is 2.94. The molecule has 2 aromatic carbocycles. The molecule has 4 rings (SSSR count). The van der Waals surface area contributed by atoms with E-state index in [0.717, 1.165) is 25.7 Å². The molecule has 5 nitrogen and oxygen atoms in total. The van der Waals surface area contributed by atoms with Crippen LogP contribution in [0.1, 0.15) is 36.0 Å². The van der Waals surface area contributed by atoms with Gasteiger partial charge in [-0.15, -0.1) is 0 Å². The summed E-state index contributed by atoms with van der Waals surface area (Å²) in [6, 6.07) is 11.2. The van der Waals surface area contributed by atoms with Gasteiger partial charge in [-0.25, -0.2) is 8.78 Å². The molecule has 2 amide bonds. The summed E-state index contributed by atoms with van der Waals surface area (Å²) in [6.45, 7) is 2.14. The molecule has 0 spiro atoms. The zero-order valence-corrected chi connectivity index (χ0v) is 17.4. The van der Waals surface area contributed by atoms with Crippen molar-refractivity contribution in [2.75, 3.05) is 31.5 Å². The van der Waals surface area contributed by atoms with Crippen LogP contribution in [0.4, 0.5) is 14.5 Å². The summed E-state index contributed by atoms with van der Waals surface area (Å²) < 4.78 is 26.7.